The first-order chi connectivity index (χ1) is 7.99. The van der Waals surface area contributed by atoms with Crippen LogP contribution in [0.15, 0.2) is 24.3 Å². The lowest BCUT2D eigenvalue weighted by Gasteiger charge is -2.03. The molecule has 0 amide bonds. The molecule has 1 aromatic heterocycles. The lowest BCUT2D eigenvalue weighted by molar-refractivity contribution is 0.0698. The molecule has 0 bridgehead atoms. The van der Waals surface area contributed by atoms with Crippen molar-refractivity contribution in [3.05, 3.63) is 40.4 Å². The molecule has 4 N–H and O–H groups in total. The van der Waals surface area contributed by atoms with E-state index in [-0.39, 0.29) is 11.4 Å². The smallest absolute Gasteiger partial charge is 0.339 e. The molecule has 0 radical (unpaired) electrons. The van der Waals surface area contributed by atoms with Gasteiger partial charge in [-0.15, -0.1) is 0 Å². The van der Waals surface area contributed by atoms with Crippen molar-refractivity contribution in [2.24, 2.45) is 0 Å². The number of H-pyrrole nitrogens is 1. The Kier molecular flexibility index (Phi) is 2.81. The number of anilines is 1. The van der Waals surface area contributed by atoms with Gasteiger partial charge < -0.3 is 15.8 Å². The fourth-order valence-corrected chi connectivity index (χ4v) is 1.85. The van der Waals surface area contributed by atoms with E-state index in [0.29, 0.717) is 10.7 Å². The number of nitrogen functional groups attached to an aromatic ring is 1. The normalized spacial score (nSPS) is 10.5. The summed E-state index contributed by atoms with van der Waals surface area (Å²) in [4.78, 5) is 13.7. The highest BCUT2D eigenvalue weighted by Crippen LogP contribution is 2.28. The van der Waals surface area contributed by atoms with Gasteiger partial charge in [-0.3, -0.25) is 0 Å². The molecule has 1 heterocycles. The van der Waals surface area contributed by atoms with Gasteiger partial charge in [-0.25, -0.2) is 4.79 Å². The SMILES string of the molecule is Cc1ccc(Cl)cc1-c1cc(C(=O)O)c(N)[nH]1. The maximum Gasteiger partial charge on any atom is 0.339 e. The first-order valence-corrected chi connectivity index (χ1v) is 5.35. The van der Waals surface area contributed by atoms with E-state index in [1.807, 2.05) is 13.0 Å². The molecule has 0 unspecified atom stereocenters. The van der Waals surface area contributed by atoms with Crippen molar-refractivity contribution in [1.29, 1.82) is 0 Å². The summed E-state index contributed by atoms with van der Waals surface area (Å²) in [5, 5.41) is 9.52. The minimum Gasteiger partial charge on any atom is -0.478 e. The summed E-state index contributed by atoms with van der Waals surface area (Å²) in [6, 6.07) is 6.93. The van der Waals surface area contributed by atoms with E-state index in [1.54, 1.807) is 12.1 Å². The number of hydrogen-bond donors (Lipinski definition) is 3. The number of hydrogen-bond acceptors (Lipinski definition) is 2. The first kappa shape index (κ1) is 11.5. The summed E-state index contributed by atoms with van der Waals surface area (Å²) in [6.07, 6.45) is 0. The Morgan fingerprint density at radius 3 is 2.71 bits per heavy atom. The Morgan fingerprint density at radius 1 is 1.41 bits per heavy atom. The third-order valence-corrected chi connectivity index (χ3v) is 2.80. The highest BCUT2D eigenvalue weighted by atomic mass is 35.5. The van der Waals surface area contributed by atoms with Gasteiger partial charge in [0, 0.05) is 16.3 Å². The Labute approximate surface area is 103 Å². The molecule has 0 saturated carbocycles. The number of aromatic carboxylic acids is 1. The van der Waals surface area contributed by atoms with Crippen molar-refractivity contribution in [2.75, 3.05) is 5.73 Å². The lowest BCUT2D eigenvalue weighted by atomic mass is 10.1. The van der Waals surface area contributed by atoms with E-state index in [1.165, 1.54) is 6.07 Å². The fourth-order valence-electron chi connectivity index (χ4n) is 1.68. The number of halogens is 1. The second kappa shape index (κ2) is 4.14. The number of rotatable bonds is 2. The maximum atomic E-state index is 10.9. The maximum absolute atomic E-state index is 10.9. The van der Waals surface area contributed by atoms with E-state index < -0.39 is 5.97 Å². The van der Waals surface area contributed by atoms with Crippen molar-refractivity contribution < 1.29 is 9.90 Å². The van der Waals surface area contributed by atoms with Crippen LogP contribution in [-0.2, 0) is 0 Å². The van der Waals surface area contributed by atoms with E-state index >= 15 is 0 Å². The zero-order chi connectivity index (χ0) is 12.6. The van der Waals surface area contributed by atoms with Crippen molar-refractivity contribution in [3.63, 3.8) is 0 Å². The molecule has 88 valence electrons. The number of aromatic nitrogens is 1. The summed E-state index contributed by atoms with van der Waals surface area (Å²) in [6.45, 7) is 1.92. The van der Waals surface area contributed by atoms with E-state index in [0.717, 1.165) is 11.1 Å². The molecule has 0 fully saturated rings. The molecule has 0 saturated heterocycles. The summed E-state index contributed by atoms with van der Waals surface area (Å²) < 4.78 is 0. The Morgan fingerprint density at radius 2 is 2.12 bits per heavy atom. The highest BCUT2D eigenvalue weighted by molar-refractivity contribution is 6.30. The quantitative estimate of drug-likeness (QED) is 0.767. The van der Waals surface area contributed by atoms with Crippen LogP contribution in [0.4, 0.5) is 5.82 Å². The van der Waals surface area contributed by atoms with Crippen LogP contribution in [0.2, 0.25) is 5.02 Å². The number of nitrogens with two attached hydrogens (primary N) is 1. The van der Waals surface area contributed by atoms with Gasteiger partial charge in [0.15, 0.2) is 0 Å². The number of aryl methyl sites for hydroxylation is 1. The van der Waals surface area contributed by atoms with Gasteiger partial charge in [0.1, 0.15) is 11.4 Å². The second-order valence-corrected chi connectivity index (χ2v) is 4.21. The number of carboxylic acids is 1. The van der Waals surface area contributed by atoms with Crippen LogP contribution in [0.1, 0.15) is 15.9 Å². The van der Waals surface area contributed by atoms with Crippen LogP contribution in [0.3, 0.4) is 0 Å². The second-order valence-electron chi connectivity index (χ2n) is 3.77. The summed E-state index contributed by atoms with van der Waals surface area (Å²) in [5.41, 5.74) is 8.16. The van der Waals surface area contributed by atoms with Crippen LogP contribution >= 0.6 is 11.6 Å². The molecule has 0 spiro atoms. The summed E-state index contributed by atoms with van der Waals surface area (Å²) in [5.74, 6) is -0.906. The number of aromatic amines is 1. The Bertz CT molecular complexity index is 590. The van der Waals surface area contributed by atoms with Crippen LogP contribution in [0.25, 0.3) is 11.3 Å². The number of benzene rings is 1. The van der Waals surface area contributed by atoms with Gasteiger partial charge in [0.25, 0.3) is 0 Å². The molecule has 5 heteroatoms. The van der Waals surface area contributed by atoms with Crippen LogP contribution in [0.5, 0.6) is 0 Å². The Hall–Kier alpha value is -1.94. The average Bonchev–Trinajstić information content (AvgIpc) is 2.64. The van der Waals surface area contributed by atoms with Crippen molar-refractivity contribution in [1.82, 2.24) is 4.98 Å². The largest absolute Gasteiger partial charge is 0.478 e. The van der Waals surface area contributed by atoms with E-state index in [4.69, 9.17) is 22.4 Å². The van der Waals surface area contributed by atoms with Crippen LogP contribution in [-0.4, -0.2) is 16.1 Å². The molecular weight excluding hydrogens is 240 g/mol. The molecule has 0 aliphatic carbocycles. The molecular formula is C12H11ClN2O2. The minimum atomic E-state index is -1.05. The zero-order valence-corrected chi connectivity index (χ0v) is 9.88. The molecule has 4 nitrogen and oxygen atoms in total. The first-order valence-electron chi connectivity index (χ1n) is 4.97. The van der Waals surface area contributed by atoms with E-state index in [2.05, 4.69) is 4.98 Å². The minimum absolute atomic E-state index is 0.0689. The van der Waals surface area contributed by atoms with Gasteiger partial charge in [-0.05, 0) is 30.7 Å². The van der Waals surface area contributed by atoms with Crippen molar-refractivity contribution in [3.8, 4) is 11.3 Å². The lowest BCUT2D eigenvalue weighted by Crippen LogP contribution is -1.98. The molecule has 1 aromatic carbocycles. The van der Waals surface area contributed by atoms with Crippen molar-refractivity contribution in [2.45, 2.75) is 6.92 Å². The number of nitrogens with one attached hydrogen (secondary N) is 1. The summed E-state index contributed by atoms with van der Waals surface area (Å²) >= 11 is 5.91. The zero-order valence-electron chi connectivity index (χ0n) is 9.12. The highest BCUT2D eigenvalue weighted by Gasteiger charge is 2.14. The molecule has 0 aliphatic heterocycles. The third-order valence-electron chi connectivity index (χ3n) is 2.57. The van der Waals surface area contributed by atoms with Gasteiger partial charge in [0.05, 0.1) is 0 Å². The van der Waals surface area contributed by atoms with Gasteiger partial charge in [-0.1, -0.05) is 17.7 Å². The standard InChI is InChI=1S/C12H11ClN2O2/c1-6-2-3-7(13)4-8(6)10-5-9(12(16)17)11(14)15-10/h2-5,15H,14H2,1H3,(H,16,17). The molecule has 17 heavy (non-hydrogen) atoms. The number of carbonyl (C=O) groups is 1. The van der Waals surface area contributed by atoms with Gasteiger partial charge in [-0.2, -0.15) is 0 Å². The summed E-state index contributed by atoms with van der Waals surface area (Å²) in [7, 11) is 0. The van der Waals surface area contributed by atoms with Gasteiger partial charge in [0.2, 0.25) is 0 Å². The molecule has 0 aliphatic rings. The van der Waals surface area contributed by atoms with Gasteiger partial charge >= 0.3 is 5.97 Å². The van der Waals surface area contributed by atoms with Crippen molar-refractivity contribution >= 4 is 23.4 Å². The van der Waals surface area contributed by atoms with Crippen LogP contribution < -0.4 is 5.73 Å². The number of carboxylic acid groups (broad SMARTS) is 1. The topological polar surface area (TPSA) is 79.1 Å². The Balaban J connectivity index is 2.57. The monoisotopic (exact) mass is 250 g/mol. The predicted molar refractivity (Wildman–Crippen MR) is 67.3 cm³/mol. The van der Waals surface area contributed by atoms with Crippen LogP contribution in [0, 0.1) is 6.92 Å². The third kappa shape index (κ3) is 2.12. The average molecular weight is 251 g/mol. The van der Waals surface area contributed by atoms with E-state index in [9.17, 15) is 4.79 Å². The fraction of sp³-hybridized carbons (Fsp3) is 0.0833. The molecule has 0 atom stereocenters. The predicted octanol–water partition coefficient (Wildman–Crippen LogP) is 2.92. The molecule has 2 rings (SSSR count). The molecule has 2 aromatic rings.